The van der Waals surface area contributed by atoms with Crippen molar-refractivity contribution in [2.24, 2.45) is 0 Å². The van der Waals surface area contributed by atoms with Crippen LogP contribution in [0.5, 0.6) is 5.19 Å². The number of rotatable bonds is 10. The Bertz CT molecular complexity index is 1280. The number of hydrogen-bond donors (Lipinski definition) is 2. The molecule has 2 aromatic heterocycles. The predicted molar refractivity (Wildman–Crippen MR) is 146 cm³/mol. The zero-order valence-corrected chi connectivity index (χ0v) is 22.4. The molecular formula is C27H28ClN5O4S. The van der Waals surface area contributed by atoms with Crippen LogP contribution in [-0.4, -0.2) is 64.4 Å². The normalized spacial score (nSPS) is 15.8. The second-order valence-electron chi connectivity index (χ2n) is 8.79. The Hall–Kier alpha value is -3.76. The molecule has 0 aliphatic carbocycles. The van der Waals surface area contributed by atoms with Gasteiger partial charge in [0.25, 0.3) is 5.19 Å². The van der Waals surface area contributed by atoms with E-state index < -0.39 is 17.9 Å². The van der Waals surface area contributed by atoms with Crippen molar-refractivity contribution in [1.29, 1.82) is 0 Å². The molecule has 38 heavy (non-hydrogen) atoms. The fourth-order valence-electron chi connectivity index (χ4n) is 3.88. The van der Waals surface area contributed by atoms with Crippen LogP contribution < -0.4 is 15.4 Å². The molecule has 2 N–H and O–H groups in total. The Labute approximate surface area is 229 Å². The summed E-state index contributed by atoms with van der Waals surface area (Å²) in [5.74, 6) is -1.13. The molecule has 9 nitrogen and oxygen atoms in total. The van der Waals surface area contributed by atoms with E-state index in [2.05, 4.69) is 20.6 Å². The first kappa shape index (κ1) is 27.3. The van der Waals surface area contributed by atoms with Crippen molar-refractivity contribution in [3.8, 4) is 5.19 Å². The summed E-state index contributed by atoms with van der Waals surface area (Å²) in [6.07, 6.45) is 7.08. The van der Waals surface area contributed by atoms with E-state index in [1.54, 1.807) is 59.8 Å². The molecule has 1 aliphatic heterocycles. The van der Waals surface area contributed by atoms with Gasteiger partial charge < -0.3 is 20.3 Å². The van der Waals surface area contributed by atoms with E-state index in [0.29, 0.717) is 35.4 Å². The molecule has 0 spiro atoms. The molecule has 0 saturated carbocycles. The van der Waals surface area contributed by atoms with Crippen LogP contribution in [0.4, 0.5) is 0 Å². The molecule has 198 valence electrons. The molecule has 3 amide bonds. The third-order valence-corrected chi connectivity index (χ3v) is 6.90. The lowest BCUT2D eigenvalue weighted by atomic mass is 10.1. The number of ether oxygens (including phenoxy) is 1. The van der Waals surface area contributed by atoms with Crippen LogP contribution in [0.15, 0.2) is 60.9 Å². The van der Waals surface area contributed by atoms with Crippen LogP contribution in [0.1, 0.15) is 22.6 Å². The van der Waals surface area contributed by atoms with Crippen molar-refractivity contribution in [2.75, 3.05) is 19.6 Å². The van der Waals surface area contributed by atoms with Crippen LogP contribution in [0.25, 0.3) is 6.08 Å². The topological polar surface area (TPSA) is 114 Å². The van der Waals surface area contributed by atoms with Gasteiger partial charge in [0, 0.05) is 53.4 Å². The maximum absolute atomic E-state index is 13.0. The number of nitrogens with one attached hydrogen (secondary N) is 2. The molecule has 1 saturated heterocycles. The highest BCUT2D eigenvalue weighted by molar-refractivity contribution is 7.13. The quantitative estimate of drug-likeness (QED) is 0.373. The average Bonchev–Trinajstić information content (AvgIpc) is 3.56. The SMILES string of the molecule is Cc1cnc(O[C@@H]2CCN(C(=O)CNC(=O)[C@H](Cc3ccccn3)NC(=O)C=Cc3ccc(Cl)cc3)C2)s1. The minimum atomic E-state index is -0.914. The molecule has 3 aromatic rings. The van der Waals surface area contributed by atoms with E-state index in [0.717, 1.165) is 10.4 Å². The van der Waals surface area contributed by atoms with Gasteiger partial charge in [-0.2, -0.15) is 0 Å². The fourth-order valence-corrected chi connectivity index (χ4v) is 4.68. The molecule has 11 heteroatoms. The molecular weight excluding hydrogens is 526 g/mol. The van der Waals surface area contributed by atoms with Crippen LogP contribution in [-0.2, 0) is 20.8 Å². The van der Waals surface area contributed by atoms with Gasteiger partial charge in [0.05, 0.1) is 13.1 Å². The molecule has 0 radical (unpaired) electrons. The lowest BCUT2D eigenvalue weighted by Gasteiger charge is -2.20. The zero-order chi connectivity index (χ0) is 26.9. The zero-order valence-electron chi connectivity index (χ0n) is 20.8. The van der Waals surface area contributed by atoms with Crippen molar-refractivity contribution in [2.45, 2.75) is 31.9 Å². The Kier molecular flexibility index (Phi) is 9.45. The van der Waals surface area contributed by atoms with E-state index in [1.165, 1.54) is 17.4 Å². The first-order valence-corrected chi connectivity index (χ1v) is 13.3. The summed E-state index contributed by atoms with van der Waals surface area (Å²) in [5.41, 5.74) is 1.43. The van der Waals surface area contributed by atoms with Crippen molar-refractivity contribution < 1.29 is 19.1 Å². The van der Waals surface area contributed by atoms with Crippen LogP contribution in [0.3, 0.4) is 0 Å². The Morgan fingerprint density at radius 2 is 2.03 bits per heavy atom. The Morgan fingerprint density at radius 3 is 2.74 bits per heavy atom. The number of hydrogen-bond acceptors (Lipinski definition) is 7. The molecule has 1 aromatic carbocycles. The maximum Gasteiger partial charge on any atom is 0.273 e. The number of amides is 3. The highest BCUT2D eigenvalue weighted by atomic mass is 35.5. The number of halogens is 1. The van der Waals surface area contributed by atoms with Gasteiger partial charge in [-0.05, 0) is 42.8 Å². The molecule has 4 rings (SSSR count). The number of likely N-dealkylation sites (tertiary alicyclic amines) is 1. The lowest BCUT2D eigenvalue weighted by molar-refractivity contribution is -0.133. The third-order valence-electron chi connectivity index (χ3n) is 5.85. The number of benzene rings is 1. The number of carbonyl (C=O) groups is 3. The summed E-state index contributed by atoms with van der Waals surface area (Å²) >= 11 is 7.37. The standard InChI is InChI=1S/C27H28ClN5O4S/c1-18-15-31-27(38-18)37-22-11-13-33(17-22)25(35)16-30-26(36)23(14-21-4-2-3-12-29-21)32-24(34)10-7-19-5-8-20(28)9-6-19/h2-10,12,15,22-23H,11,13-14,16-17H2,1H3,(H,30,36)(H,32,34)/t22-,23+/m1/s1. The summed E-state index contributed by atoms with van der Waals surface area (Å²) in [6, 6.07) is 11.4. The maximum atomic E-state index is 13.0. The molecule has 1 fully saturated rings. The van der Waals surface area contributed by atoms with Crippen molar-refractivity contribution in [3.63, 3.8) is 0 Å². The van der Waals surface area contributed by atoms with Gasteiger partial charge in [0.2, 0.25) is 17.7 Å². The van der Waals surface area contributed by atoms with E-state index in [1.807, 2.05) is 13.0 Å². The van der Waals surface area contributed by atoms with Crippen LogP contribution in [0, 0.1) is 6.92 Å². The second kappa shape index (κ2) is 13.2. The van der Waals surface area contributed by atoms with E-state index in [9.17, 15) is 14.4 Å². The molecule has 1 aliphatic rings. The van der Waals surface area contributed by atoms with Crippen molar-refractivity contribution in [3.05, 3.63) is 82.1 Å². The molecule has 0 bridgehead atoms. The highest BCUT2D eigenvalue weighted by Gasteiger charge is 2.29. The molecule has 2 atom stereocenters. The first-order chi connectivity index (χ1) is 18.4. The number of thiazole rings is 1. The van der Waals surface area contributed by atoms with Gasteiger partial charge in [0.1, 0.15) is 12.1 Å². The monoisotopic (exact) mass is 553 g/mol. The number of pyridine rings is 1. The number of carbonyl (C=O) groups excluding carboxylic acids is 3. The van der Waals surface area contributed by atoms with Crippen molar-refractivity contribution in [1.82, 2.24) is 25.5 Å². The Balaban J connectivity index is 1.31. The first-order valence-electron chi connectivity index (χ1n) is 12.1. The third kappa shape index (κ3) is 8.12. The molecule has 0 unspecified atom stereocenters. The van der Waals surface area contributed by atoms with E-state index in [4.69, 9.17) is 16.3 Å². The number of aryl methyl sites for hydroxylation is 1. The molecule has 3 heterocycles. The van der Waals surface area contributed by atoms with Crippen LogP contribution >= 0.6 is 22.9 Å². The van der Waals surface area contributed by atoms with Gasteiger partial charge in [-0.3, -0.25) is 19.4 Å². The highest BCUT2D eigenvalue weighted by Crippen LogP contribution is 2.23. The predicted octanol–water partition coefficient (Wildman–Crippen LogP) is 3.04. The van der Waals surface area contributed by atoms with Crippen molar-refractivity contribution >= 4 is 46.7 Å². The summed E-state index contributed by atoms with van der Waals surface area (Å²) in [4.78, 5) is 49.6. The number of aromatic nitrogens is 2. The van der Waals surface area contributed by atoms with Gasteiger partial charge in [0.15, 0.2) is 0 Å². The van der Waals surface area contributed by atoms with Crippen LogP contribution in [0.2, 0.25) is 5.02 Å². The minimum Gasteiger partial charge on any atom is -0.465 e. The van der Waals surface area contributed by atoms with E-state index >= 15 is 0 Å². The van der Waals surface area contributed by atoms with Gasteiger partial charge in [-0.15, -0.1) is 0 Å². The van der Waals surface area contributed by atoms with Gasteiger partial charge in [-0.1, -0.05) is 41.1 Å². The van der Waals surface area contributed by atoms with Gasteiger partial charge >= 0.3 is 0 Å². The largest absolute Gasteiger partial charge is 0.465 e. The lowest BCUT2D eigenvalue weighted by Crippen LogP contribution is -2.50. The average molecular weight is 554 g/mol. The number of nitrogens with zero attached hydrogens (tertiary/aromatic N) is 3. The summed E-state index contributed by atoms with van der Waals surface area (Å²) in [7, 11) is 0. The van der Waals surface area contributed by atoms with E-state index in [-0.39, 0.29) is 25.0 Å². The fraction of sp³-hybridized carbons (Fsp3) is 0.296. The minimum absolute atomic E-state index is 0.135. The smallest absolute Gasteiger partial charge is 0.273 e. The summed E-state index contributed by atoms with van der Waals surface area (Å²) < 4.78 is 5.87. The second-order valence-corrected chi connectivity index (χ2v) is 10.4. The summed E-state index contributed by atoms with van der Waals surface area (Å²) in [6.45, 7) is 2.73. The van der Waals surface area contributed by atoms with Gasteiger partial charge in [-0.25, -0.2) is 4.98 Å². The summed E-state index contributed by atoms with van der Waals surface area (Å²) in [5, 5.41) is 6.58. The Morgan fingerprint density at radius 1 is 1.21 bits per heavy atom.